The Labute approximate surface area is 214 Å². The van der Waals surface area contributed by atoms with E-state index in [1.165, 1.54) is 24.6 Å². The highest BCUT2D eigenvalue weighted by Gasteiger charge is 2.15. The number of carbonyl (C=O) groups excluding carboxylic acids is 3. The molecule has 11 heteroatoms. The zero-order valence-electron chi connectivity index (χ0n) is 18.7. The fourth-order valence-electron chi connectivity index (χ4n) is 3.05. The van der Waals surface area contributed by atoms with Gasteiger partial charge in [-0.1, -0.05) is 15.9 Å². The molecule has 2 heterocycles. The number of benzene rings is 2. The minimum Gasteiger partial charge on any atom is -0.486 e. The van der Waals surface area contributed by atoms with Crippen LogP contribution in [0.3, 0.4) is 0 Å². The molecule has 36 heavy (non-hydrogen) atoms. The Morgan fingerprint density at radius 3 is 2.69 bits per heavy atom. The summed E-state index contributed by atoms with van der Waals surface area (Å²) in [6.45, 7) is 0.549. The van der Waals surface area contributed by atoms with E-state index in [0.29, 0.717) is 46.1 Å². The molecule has 1 aliphatic heterocycles. The second kappa shape index (κ2) is 11.8. The van der Waals surface area contributed by atoms with Crippen LogP contribution in [-0.4, -0.2) is 43.8 Å². The highest BCUT2D eigenvalue weighted by molar-refractivity contribution is 9.10. The van der Waals surface area contributed by atoms with Crippen molar-refractivity contribution < 1.29 is 33.0 Å². The van der Waals surface area contributed by atoms with E-state index in [-0.39, 0.29) is 12.3 Å². The minimum absolute atomic E-state index is 0.234. The van der Waals surface area contributed by atoms with Crippen LogP contribution in [0.2, 0.25) is 0 Å². The third kappa shape index (κ3) is 6.83. The molecule has 0 fully saturated rings. The number of rotatable bonds is 8. The quantitative estimate of drug-likeness (QED) is 0.144. The molecule has 10 nitrogen and oxygen atoms in total. The number of hydrazone groups is 1. The normalized spacial score (nSPS) is 12.5. The van der Waals surface area contributed by atoms with Crippen molar-refractivity contribution in [3.8, 4) is 17.2 Å². The summed E-state index contributed by atoms with van der Waals surface area (Å²) in [5.74, 6) is 0.169. The Hall–Kier alpha value is -4.38. The van der Waals surface area contributed by atoms with Gasteiger partial charge in [0.2, 0.25) is 0 Å². The SMILES string of the molecule is O=C(CNC(=O)c1ccc2c(c1)OCCO2)NN=Cc1cc(Br)ccc1OC(=O)/C=C/c1ccco1. The Morgan fingerprint density at radius 1 is 1.06 bits per heavy atom. The molecule has 4 rings (SSSR count). The molecule has 1 aliphatic rings. The van der Waals surface area contributed by atoms with Gasteiger partial charge in [-0.2, -0.15) is 5.10 Å². The van der Waals surface area contributed by atoms with Crippen LogP contribution in [0, 0.1) is 0 Å². The van der Waals surface area contributed by atoms with Gasteiger partial charge in [-0.05, 0) is 54.6 Å². The van der Waals surface area contributed by atoms with Gasteiger partial charge < -0.3 is 23.9 Å². The molecule has 1 aromatic heterocycles. The predicted molar refractivity (Wildman–Crippen MR) is 133 cm³/mol. The maximum atomic E-state index is 12.4. The van der Waals surface area contributed by atoms with Crippen molar-refractivity contribution >= 4 is 46.0 Å². The lowest BCUT2D eigenvalue weighted by molar-refractivity contribution is -0.129. The fraction of sp³-hybridized carbons (Fsp3) is 0.120. The largest absolute Gasteiger partial charge is 0.486 e. The molecule has 0 radical (unpaired) electrons. The van der Waals surface area contributed by atoms with Crippen LogP contribution < -0.4 is 25.0 Å². The van der Waals surface area contributed by atoms with Gasteiger partial charge in [0, 0.05) is 21.7 Å². The van der Waals surface area contributed by atoms with Crippen molar-refractivity contribution in [1.29, 1.82) is 0 Å². The van der Waals surface area contributed by atoms with Crippen molar-refractivity contribution in [3.05, 3.63) is 82.2 Å². The van der Waals surface area contributed by atoms with Crippen LogP contribution in [0.4, 0.5) is 0 Å². The number of hydrogen-bond donors (Lipinski definition) is 2. The minimum atomic E-state index is -0.616. The first-order valence-electron chi connectivity index (χ1n) is 10.7. The van der Waals surface area contributed by atoms with Gasteiger partial charge in [0.15, 0.2) is 11.5 Å². The number of hydrogen-bond acceptors (Lipinski definition) is 8. The average molecular weight is 554 g/mol. The molecule has 0 spiro atoms. The number of nitrogens with one attached hydrogen (secondary N) is 2. The number of fused-ring (bicyclic) bond motifs is 1. The van der Waals surface area contributed by atoms with Crippen molar-refractivity contribution in [2.24, 2.45) is 5.10 Å². The van der Waals surface area contributed by atoms with Crippen molar-refractivity contribution in [1.82, 2.24) is 10.7 Å². The highest BCUT2D eigenvalue weighted by atomic mass is 79.9. The van der Waals surface area contributed by atoms with Gasteiger partial charge in [0.25, 0.3) is 11.8 Å². The van der Waals surface area contributed by atoms with Gasteiger partial charge in [0.1, 0.15) is 24.7 Å². The molecule has 0 bridgehead atoms. The summed E-state index contributed by atoms with van der Waals surface area (Å²) in [5.41, 5.74) is 3.09. The molecule has 0 aliphatic carbocycles. The summed E-state index contributed by atoms with van der Waals surface area (Å²) >= 11 is 3.35. The van der Waals surface area contributed by atoms with Gasteiger partial charge in [-0.3, -0.25) is 9.59 Å². The van der Waals surface area contributed by atoms with E-state index >= 15 is 0 Å². The van der Waals surface area contributed by atoms with E-state index in [1.807, 2.05) is 0 Å². The molecule has 0 saturated carbocycles. The highest BCUT2D eigenvalue weighted by Crippen LogP contribution is 2.30. The molecule has 0 atom stereocenters. The first-order chi connectivity index (χ1) is 17.5. The van der Waals surface area contributed by atoms with Crippen LogP contribution in [0.25, 0.3) is 6.08 Å². The lowest BCUT2D eigenvalue weighted by atomic mass is 10.2. The Balaban J connectivity index is 1.30. The van der Waals surface area contributed by atoms with Crippen LogP contribution in [0.15, 0.2) is 74.9 Å². The number of amides is 2. The van der Waals surface area contributed by atoms with Crippen molar-refractivity contribution in [2.45, 2.75) is 0 Å². The standard InChI is InChI=1S/C25H20BrN3O7/c26-18-4-7-20(36-24(31)8-5-19-2-1-9-33-19)17(12-18)14-28-29-23(30)15-27-25(32)16-3-6-21-22(13-16)35-11-10-34-21/h1-9,12-14H,10-11,15H2,(H,27,32)(H,29,30)/b8-5+,28-14?. The first-order valence-corrected chi connectivity index (χ1v) is 11.5. The monoisotopic (exact) mass is 553 g/mol. The van der Waals surface area contributed by atoms with Gasteiger partial charge in [0.05, 0.1) is 19.0 Å². The molecule has 2 amide bonds. The topological polar surface area (TPSA) is 128 Å². The molecule has 184 valence electrons. The zero-order chi connectivity index (χ0) is 25.3. The number of halogens is 1. The van der Waals surface area contributed by atoms with Crippen LogP contribution in [0.1, 0.15) is 21.7 Å². The summed E-state index contributed by atoms with van der Waals surface area (Å²) < 4.78 is 22.1. The summed E-state index contributed by atoms with van der Waals surface area (Å²) in [6.07, 6.45) is 5.53. The molecular formula is C25H20BrN3O7. The third-order valence-corrected chi connectivity index (χ3v) is 5.21. The summed E-state index contributed by atoms with van der Waals surface area (Å²) in [6, 6.07) is 13.1. The summed E-state index contributed by atoms with van der Waals surface area (Å²) in [5, 5.41) is 6.40. The summed E-state index contributed by atoms with van der Waals surface area (Å²) in [7, 11) is 0. The second-order valence-corrected chi connectivity index (χ2v) is 8.20. The number of furan rings is 1. The smallest absolute Gasteiger partial charge is 0.336 e. The first kappa shape index (κ1) is 24.7. The summed E-state index contributed by atoms with van der Waals surface area (Å²) in [4.78, 5) is 36.6. The Bertz CT molecular complexity index is 1320. The number of ether oxygens (including phenoxy) is 3. The molecule has 0 saturated heterocycles. The van der Waals surface area contributed by atoms with Crippen LogP contribution >= 0.6 is 15.9 Å². The Kier molecular flexibility index (Phi) is 8.14. The number of esters is 1. The second-order valence-electron chi connectivity index (χ2n) is 7.29. The lowest BCUT2D eigenvalue weighted by Crippen LogP contribution is -2.35. The lowest BCUT2D eigenvalue weighted by Gasteiger charge is -2.18. The van der Waals surface area contributed by atoms with Crippen LogP contribution in [0.5, 0.6) is 17.2 Å². The van der Waals surface area contributed by atoms with E-state index in [1.54, 1.807) is 48.5 Å². The molecular weight excluding hydrogens is 534 g/mol. The van der Waals surface area contributed by atoms with Gasteiger partial charge in [-0.15, -0.1) is 0 Å². The van der Waals surface area contributed by atoms with Crippen molar-refractivity contribution in [2.75, 3.05) is 19.8 Å². The average Bonchev–Trinajstić information content (AvgIpc) is 3.41. The van der Waals surface area contributed by atoms with Crippen LogP contribution in [-0.2, 0) is 9.59 Å². The van der Waals surface area contributed by atoms with E-state index in [4.69, 9.17) is 18.6 Å². The number of nitrogens with zero attached hydrogens (tertiary/aromatic N) is 1. The van der Waals surface area contributed by atoms with E-state index in [0.717, 1.165) is 0 Å². The fourth-order valence-corrected chi connectivity index (χ4v) is 3.43. The zero-order valence-corrected chi connectivity index (χ0v) is 20.3. The third-order valence-electron chi connectivity index (χ3n) is 4.72. The van der Waals surface area contributed by atoms with E-state index in [9.17, 15) is 14.4 Å². The van der Waals surface area contributed by atoms with E-state index < -0.39 is 17.8 Å². The van der Waals surface area contributed by atoms with E-state index in [2.05, 4.69) is 31.8 Å². The number of carbonyl (C=O) groups is 3. The molecule has 0 unspecified atom stereocenters. The maximum absolute atomic E-state index is 12.4. The Morgan fingerprint density at radius 2 is 1.89 bits per heavy atom. The van der Waals surface area contributed by atoms with Gasteiger partial charge in [-0.25, -0.2) is 10.2 Å². The van der Waals surface area contributed by atoms with Crippen molar-refractivity contribution in [3.63, 3.8) is 0 Å². The molecule has 3 aromatic rings. The molecule has 2 N–H and O–H groups in total. The maximum Gasteiger partial charge on any atom is 0.336 e. The molecule has 2 aromatic carbocycles. The predicted octanol–water partition coefficient (Wildman–Crippen LogP) is 3.31. The van der Waals surface area contributed by atoms with Gasteiger partial charge >= 0.3 is 5.97 Å².